The van der Waals surface area contributed by atoms with Gasteiger partial charge in [-0.1, -0.05) is 27.7 Å². The van der Waals surface area contributed by atoms with Crippen molar-refractivity contribution < 1.29 is 9.00 Å². The molecule has 1 rings (SSSR count). The van der Waals surface area contributed by atoms with Crippen molar-refractivity contribution in [2.75, 3.05) is 25.1 Å². The van der Waals surface area contributed by atoms with Crippen LogP contribution in [0.2, 0.25) is 0 Å². The van der Waals surface area contributed by atoms with Gasteiger partial charge in [-0.3, -0.25) is 4.21 Å². The lowest BCUT2D eigenvalue weighted by Gasteiger charge is -2.17. The lowest BCUT2D eigenvalue weighted by Crippen LogP contribution is -2.34. The summed E-state index contributed by atoms with van der Waals surface area (Å²) in [4.78, 5) is 13.7. The monoisotopic (exact) mass is 285 g/mol. The molecule has 0 aliphatic heterocycles. The van der Waals surface area contributed by atoms with Gasteiger partial charge in [0.2, 0.25) is 0 Å². The standard InChI is InChI=1S/C13H23N3O2S/c1-6-19(18)10-9-15(5)12(17)16-8-7-11(14-16)13(2,3)4/h7-8H,6,9-10H2,1-5H3. The van der Waals surface area contributed by atoms with Gasteiger partial charge in [0.1, 0.15) is 0 Å². The quantitative estimate of drug-likeness (QED) is 0.848. The lowest BCUT2D eigenvalue weighted by atomic mass is 9.93. The van der Waals surface area contributed by atoms with E-state index in [9.17, 15) is 9.00 Å². The molecule has 0 fully saturated rings. The Morgan fingerprint density at radius 2 is 2.11 bits per heavy atom. The van der Waals surface area contributed by atoms with Crippen molar-refractivity contribution in [2.24, 2.45) is 0 Å². The number of aromatic nitrogens is 2. The maximum absolute atomic E-state index is 12.1. The van der Waals surface area contributed by atoms with E-state index in [4.69, 9.17) is 0 Å². The van der Waals surface area contributed by atoms with Gasteiger partial charge in [-0.05, 0) is 6.07 Å². The molecule has 1 aromatic heterocycles. The first-order valence-corrected chi connectivity index (χ1v) is 7.91. The third-order valence-corrected chi connectivity index (χ3v) is 4.14. The summed E-state index contributed by atoms with van der Waals surface area (Å²) in [6, 6.07) is 1.67. The molecule has 1 atom stereocenters. The van der Waals surface area contributed by atoms with E-state index in [1.165, 1.54) is 4.68 Å². The van der Waals surface area contributed by atoms with E-state index in [0.29, 0.717) is 18.1 Å². The van der Waals surface area contributed by atoms with Gasteiger partial charge in [0.05, 0.1) is 5.69 Å². The van der Waals surface area contributed by atoms with E-state index in [0.717, 1.165) is 5.69 Å². The second-order valence-electron chi connectivity index (χ2n) is 5.53. The summed E-state index contributed by atoms with van der Waals surface area (Å²) in [7, 11) is 0.849. The summed E-state index contributed by atoms with van der Waals surface area (Å²) in [5, 5.41) is 4.30. The zero-order valence-electron chi connectivity index (χ0n) is 12.3. The highest BCUT2D eigenvalue weighted by molar-refractivity contribution is 7.84. The summed E-state index contributed by atoms with van der Waals surface area (Å²) in [6.07, 6.45) is 1.68. The molecule has 0 aromatic carbocycles. The Morgan fingerprint density at radius 1 is 1.47 bits per heavy atom. The number of hydrogen-bond donors (Lipinski definition) is 0. The van der Waals surface area contributed by atoms with Crippen molar-refractivity contribution in [2.45, 2.75) is 33.1 Å². The zero-order valence-corrected chi connectivity index (χ0v) is 13.2. The van der Waals surface area contributed by atoms with Crippen molar-refractivity contribution in [1.29, 1.82) is 0 Å². The highest BCUT2D eigenvalue weighted by atomic mass is 32.2. The Kier molecular flexibility index (Phi) is 5.29. The molecule has 0 bridgehead atoms. The minimum atomic E-state index is -0.853. The first-order valence-electron chi connectivity index (χ1n) is 6.42. The Balaban J connectivity index is 2.67. The maximum Gasteiger partial charge on any atom is 0.344 e. The summed E-state index contributed by atoms with van der Waals surface area (Å²) in [5.74, 6) is 1.13. The van der Waals surface area contributed by atoms with Gasteiger partial charge in [0.25, 0.3) is 0 Å². The highest BCUT2D eigenvalue weighted by Crippen LogP contribution is 2.19. The number of amides is 1. The van der Waals surface area contributed by atoms with Gasteiger partial charge < -0.3 is 4.90 Å². The fraction of sp³-hybridized carbons (Fsp3) is 0.692. The second-order valence-corrected chi connectivity index (χ2v) is 7.40. The predicted octanol–water partition coefficient (Wildman–Crippen LogP) is 1.85. The van der Waals surface area contributed by atoms with Crippen LogP contribution in [0.4, 0.5) is 4.79 Å². The number of carbonyl (C=O) groups excluding carboxylic acids is 1. The molecule has 6 heteroatoms. The molecule has 1 aromatic rings. The Morgan fingerprint density at radius 3 is 2.58 bits per heavy atom. The molecule has 0 saturated heterocycles. The number of carbonyl (C=O) groups is 1. The molecule has 1 amide bonds. The van der Waals surface area contributed by atoms with Gasteiger partial charge in [-0.15, -0.1) is 0 Å². The minimum absolute atomic E-state index is 0.0756. The van der Waals surface area contributed by atoms with Crippen molar-refractivity contribution in [3.8, 4) is 0 Å². The zero-order chi connectivity index (χ0) is 14.6. The average Bonchev–Trinajstić information content (AvgIpc) is 2.83. The molecule has 5 nitrogen and oxygen atoms in total. The smallest absolute Gasteiger partial charge is 0.325 e. The second kappa shape index (κ2) is 6.32. The van der Waals surface area contributed by atoms with E-state index < -0.39 is 10.8 Å². The lowest BCUT2D eigenvalue weighted by molar-refractivity contribution is 0.209. The van der Waals surface area contributed by atoms with E-state index in [1.54, 1.807) is 18.1 Å². The van der Waals surface area contributed by atoms with Gasteiger partial charge in [-0.25, -0.2) is 4.79 Å². The third-order valence-electron chi connectivity index (χ3n) is 2.86. The van der Waals surface area contributed by atoms with Crippen LogP contribution >= 0.6 is 0 Å². The Hall–Kier alpha value is -1.17. The average molecular weight is 285 g/mol. The summed E-state index contributed by atoms with van der Waals surface area (Å²) >= 11 is 0. The van der Waals surface area contributed by atoms with Crippen molar-refractivity contribution in [3.63, 3.8) is 0 Å². The number of hydrogen-bond acceptors (Lipinski definition) is 3. The van der Waals surface area contributed by atoms with E-state index in [1.807, 2.05) is 13.0 Å². The first kappa shape index (κ1) is 15.9. The predicted molar refractivity (Wildman–Crippen MR) is 77.9 cm³/mol. The molecular formula is C13H23N3O2S. The van der Waals surface area contributed by atoms with Gasteiger partial charge >= 0.3 is 6.03 Å². The molecule has 0 aliphatic rings. The molecule has 0 aliphatic carbocycles. The summed E-state index contributed by atoms with van der Waals surface area (Å²) in [6.45, 7) is 8.51. The van der Waals surface area contributed by atoms with Crippen LogP contribution < -0.4 is 0 Å². The van der Waals surface area contributed by atoms with Crippen LogP contribution in [0.5, 0.6) is 0 Å². The summed E-state index contributed by atoms with van der Waals surface area (Å²) < 4.78 is 12.7. The van der Waals surface area contributed by atoms with Crippen molar-refractivity contribution >= 4 is 16.8 Å². The van der Waals surface area contributed by atoms with Crippen LogP contribution in [-0.4, -0.2) is 50.0 Å². The first-order chi connectivity index (χ1) is 8.75. The molecule has 1 heterocycles. The SMILES string of the molecule is CCS(=O)CCN(C)C(=O)n1ccc(C(C)(C)C)n1. The van der Waals surface area contributed by atoms with E-state index in [2.05, 4.69) is 25.9 Å². The van der Waals surface area contributed by atoms with Gasteiger partial charge in [0.15, 0.2) is 0 Å². The van der Waals surface area contributed by atoms with Gasteiger partial charge in [0, 0.05) is 47.5 Å². The molecule has 0 spiro atoms. The van der Waals surface area contributed by atoms with Gasteiger partial charge in [-0.2, -0.15) is 9.78 Å². The van der Waals surface area contributed by atoms with Crippen molar-refractivity contribution in [1.82, 2.24) is 14.7 Å². The van der Waals surface area contributed by atoms with Crippen LogP contribution in [0.25, 0.3) is 0 Å². The van der Waals surface area contributed by atoms with Crippen LogP contribution in [0.15, 0.2) is 12.3 Å². The minimum Gasteiger partial charge on any atom is -0.325 e. The molecule has 0 radical (unpaired) electrons. The van der Waals surface area contributed by atoms with Crippen LogP contribution in [0, 0.1) is 0 Å². The Bertz CT molecular complexity index is 463. The fourth-order valence-electron chi connectivity index (χ4n) is 1.48. The third kappa shape index (κ3) is 4.45. The van der Waals surface area contributed by atoms with E-state index >= 15 is 0 Å². The topological polar surface area (TPSA) is 55.2 Å². The van der Waals surface area contributed by atoms with Crippen molar-refractivity contribution in [3.05, 3.63) is 18.0 Å². The van der Waals surface area contributed by atoms with E-state index in [-0.39, 0.29) is 11.4 Å². The molecule has 1 unspecified atom stereocenters. The summed E-state index contributed by atoms with van der Waals surface area (Å²) in [5.41, 5.74) is 0.805. The van der Waals surface area contributed by atoms with Crippen LogP contribution in [0.3, 0.4) is 0 Å². The fourth-order valence-corrected chi connectivity index (χ4v) is 2.25. The molecule has 0 N–H and O–H groups in total. The molecule has 108 valence electrons. The van der Waals surface area contributed by atoms with Crippen LogP contribution in [0.1, 0.15) is 33.4 Å². The largest absolute Gasteiger partial charge is 0.344 e. The maximum atomic E-state index is 12.1. The molecular weight excluding hydrogens is 262 g/mol. The number of rotatable bonds is 4. The molecule has 0 saturated carbocycles. The highest BCUT2D eigenvalue weighted by Gasteiger charge is 2.19. The van der Waals surface area contributed by atoms with Crippen LogP contribution in [-0.2, 0) is 16.2 Å². The number of nitrogens with zero attached hydrogens (tertiary/aromatic N) is 3. The Labute approximate surface area is 117 Å². The molecule has 19 heavy (non-hydrogen) atoms. The normalized spacial score (nSPS) is 13.3.